The maximum Gasteiger partial charge on any atom is 0.221 e. The summed E-state index contributed by atoms with van der Waals surface area (Å²) in [4.78, 5) is 0. The molecule has 1 aromatic carbocycles. The number of hydrogen-bond donors (Lipinski definition) is 0. The van der Waals surface area contributed by atoms with E-state index in [0.717, 1.165) is 10.0 Å². The van der Waals surface area contributed by atoms with Crippen LogP contribution >= 0.6 is 15.9 Å². The van der Waals surface area contributed by atoms with Crippen LogP contribution in [0.3, 0.4) is 0 Å². The number of nitrogens with zero attached hydrogens (tertiary/aromatic N) is 3. The Morgan fingerprint density at radius 1 is 1.47 bits per heavy atom. The second-order valence-electron chi connectivity index (χ2n) is 3.72. The van der Waals surface area contributed by atoms with Crippen LogP contribution in [0.25, 0.3) is 0 Å². The number of hydrogen-bond acceptors (Lipinski definition) is 3. The second-order valence-corrected chi connectivity index (χ2v) is 5.85. The Balaban J connectivity index is 2.35. The molecule has 0 N–H and O–H groups in total. The molecule has 0 saturated carbocycles. The third-order valence-electron chi connectivity index (χ3n) is 2.56. The SMILES string of the molecule is Cc1c(Br)cccc1Cn1cnnc1[S@](C)=O. The standard InChI is InChI=1S/C11H12BrN3OS/c1-8-9(4-3-5-10(8)12)6-15-7-13-14-11(15)17(2)16/h3-5,7H,6H2,1-2H3/t17-/m0/s1. The smallest absolute Gasteiger partial charge is 0.221 e. The highest BCUT2D eigenvalue weighted by atomic mass is 79.9. The van der Waals surface area contributed by atoms with Gasteiger partial charge in [-0.1, -0.05) is 28.1 Å². The van der Waals surface area contributed by atoms with E-state index in [4.69, 9.17) is 0 Å². The van der Waals surface area contributed by atoms with E-state index in [1.807, 2.05) is 29.7 Å². The van der Waals surface area contributed by atoms with E-state index < -0.39 is 10.8 Å². The largest absolute Gasteiger partial charge is 0.302 e. The summed E-state index contributed by atoms with van der Waals surface area (Å²) < 4.78 is 14.3. The summed E-state index contributed by atoms with van der Waals surface area (Å²) in [6.45, 7) is 2.68. The topological polar surface area (TPSA) is 47.8 Å². The molecule has 0 bridgehead atoms. The summed E-state index contributed by atoms with van der Waals surface area (Å²) in [5.74, 6) is 0. The molecular weight excluding hydrogens is 302 g/mol. The summed E-state index contributed by atoms with van der Waals surface area (Å²) >= 11 is 3.50. The van der Waals surface area contributed by atoms with Crippen LogP contribution in [-0.4, -0.2) is 25.2 Å². The fourth-order valence-corrected chi connectivity index (χ4v) is 2.59. The Morgan fingerprint density at radius 3 is 2.94 bits per heavy atom. The van der Waals surface area contributed by atoms with E-state index >= 15 is 0 Å². The summed E-state index contributed by atoms with van der Waals surface area (Å²) in [6, 6.07) is 6.03. The molecule has 0 spiro atoms. The van der Waals surface area contributed by atoms with Crippen molar-refractivity contribution in [1.82, 2.24) is 14.8 Å². The van der Waals surface area contributed by atoms with Gasteiger partial charge in [0.15, 0.2) is 0 Å². The molecule has 0 aliphatic heterocycles. The fourth-order valence-electron chi connectivity index (χ4n) is 1.58. The molecule has 0 aliphatic carbocycles. The van der Waals surface area contributed by atoms with Gasteiger partial charge in [-0.15, -0.1) is 10.2 Å². The minimum atomic E-state index is -1.12. The van der Waals surface area contributed by atoms with Crippen LogP contribution in [-0.2, 0) is 17.3 Å². The van der Waals surface area contributed by atoms with Gasteiger partial charge in [-0.3, -0.25) is 4.21 Å². The summed E-state index contributed by atoms with van der Waals surface area (Å²) in [5, 5.41) is 8.17. The van der Waals surface area contributed by atoms with E-state index in [2.05, 4.69) is 26.1 Å². The third-order valence-corrected chi connectivity index (χ3v) is 4.25. The minimum Gasteiger partial charge on any atom is -0.302 e. The molecule has 0 saturated heterocycles. The number of halogens is 1. The van der Waals surface area contributed by atoms with Crippen molar-refractivity contribution in [3.63, 3.8) is 0 Å². The number of rotatable bonds is 3. The third kappa shape index (κ3) is 2.63. The average molecular weight is 314 g/mol. The van der Waals surface area contributed by atoms with Gasteiger partial charge in [-0.25, -0.2) is 0 Å². The molecule has 0 unspecified atom stereocenters. The minimum absolute atomic E-state index is 0.504. The highest BCUT2D eigenvalue weighted by Crippen LogP contribution is 2.20. The van der Waals surface area contributed by atoms with Gasteiger partial charge in [0.25, 0.3) is 0 Å². The molecular formula is C11H12BrN3OS. The van der Waals surface area contributed by atoms with Gasteiger partial charge in [0, 0.05) is 10.7 Å². The van der Waals surface area contributed by atoms with Crippen LogP contribution < -0.4 is 0 Å². The van der Waals surface area contributed by atoms with Crippen molar-refractivity contribution < 1.29 is 4.21 Å². The Labute approximate surface area is 111 Å². The van der Waals surface area contributed by atoms with Crippen LogP contribution in [0.1, 0.15) is 11.1 Å². The van der Waals surface area contributed by atoms with Gasteiger partial charge in [0.2, 0.25) is 5.16 Å². The maximum atomic E-state index is 11.4. The van der Waals surface area contributed by atoms with E-state index in [0.29, 0.717) is 11.7 Å². The molecule has 17 heavy (non-hydrogen) atoms. The lowest BCUT2D eigenvalue weighted by Gasteiger charge is -2.09. The summed E-state index contributed by atoms with van der Waals surface area (Å²) in [6.07, 6.45) is 3.21. The molecule has 0 aliphatic rings. The molecule has 6 heteroatoms. The normalized spacial score (nSPS) is 12.6. The van der Waals surface area contributed by atoms with Crippen molar-refractivity contribution in [2.45, 2.75) is 18.6 Å². The Bertz CT molecular complexity index is 568. The molecule has 1 atom stereocenters. The molecule has 0 amide bonds. The predicted molar refractivity (Wildman–Crippen MR) is 70.3 cm³/mol. The molecule has 0 radical (unpaired) electrons. The second kappa shape index (κ2) is 5.10. The zero-order valence-electron chi connectivity index (χ0n) is 9.55. The lowest BCUT2D eigenvalue weighted by Crippen LogP contribution is -2.06. The molecule has 1 aromatic heterocycles. The van der Waals surface area contributed by atoms with Crippen LogP contribution in [0.4, 0.5) is 0 Å². The Kier molecular flexibility index (Phi) is 3.73. The predicted octanol–water partition coefficient (Wildman–Crippen LogP) is 2.13. The first-order valence-electron chi connectivity index (χ1n) is 5.05. The first-order chi connectivity index (χ1) is 8.09. The van der Waals surface area contributed by atoms with Crippen LogP contribution in [0.2, 0.25) is 0 Å². The average Bonchev–Trinajstić information content (AvgIpc) is 2.73. The van der Waals surface area contributed by atoms with Crippen molar-refractivity contribution >= 4 is 26.7 Å². The van der Waals surface area contributed by atoms with Gasteiger partial charge in [0.1, 0.15) is 6.33 Å². The van der Waals surface area contributed by atoms with Gasteiger partial charge in [0.05, 0.1) is 17.3 Å². The van der Waals surface area contributed by atoms with Gasteiger partial charge in [-0.2, -0.15) is 0 Å². The van der Waals surface area contributed by atoms with E-state index in [-0.39, 0.29) is 0 Å². The molecule has 2 rings (SSSR count). The van der Waals surface area contributed by atoms with Gasteiger partial charge in [-0.05, 0) is 24.1 Å². The summed E-state index contributed by atoms with van der Waals surface area (Å²) in [7, 11) is -1.12. The molecule has 2 aromatic rings. The molecule has 90 valence electrons. The molecule has 4 nitrogen and oxygen atoms in total. The molecule has 1 heterocycles. The highest BCUT2D eigenvalue weighted by Gasteiger charge is 2.10. The van der Waals surface area contributed by atoms with E-state index in [1.54, 1.807) is 12.6 Å². The van der Waals surface area contributed by atoms with Crippen LogP contribution in [0.5, 0.6) is 0 Å². The quantitative estimate of drug-likeness (QED) is 0.872. The highest BCUT2D eigenvalue weighted by molar-refractivity contribution is 9.10. The van der Waals surface area contributed by atoms with Crippen LogP contribution in [0.15, 0.2) is 34.2 Å². The van der Waals surface area contributed by atoms with Gasteiger partial charge >= 0.3 is 0 Å². The first kappa shape index (κ1) is 12.4. The molecule has 0 fully saturated rings. The monoisotopic (exact) mass is 313 g/mol. The van der Waals surface area contributed by atoms with Crippen molar-refractivity contribution in [3.05, 3.63) is 40.1 Å². The van der Waals surface area contributed by atoms with Gasteiger partial charge < -0.3 is 4.57 Å². The van der Waals surface area contributed by atoms with Crippen molar-refractivity contribution in [2.75, 3.05) is 6.26 Å². The van der Waals surface area contributed by atoms with E-state index in [1.165, 1.54) is 5.56 Å². The number of aromatic nitrogens is 3. The summed E-state index contributed by atoms with van der Waals surface area (Å²) in [5.41, 5.74) is 2.33. The number of benzene rings is 1. The van der Waals surface area contributed by atoms with Crippen LogP contribution in [0, 0.1) is 6.92 Å². The van der Waals surface area contributed by atoms with Crippen molar-refractivity contribution in [3.8, 4) is 0 Å². The van der Waals surface area contributed by atoms with Crippen molar-refractivity contribution in [1.29, 1.82) is 0 Å². The zero-order chi connectivity index (χ0) is 12.4. The maximum absolute atomic E-state index is 11.4. The Hall–Kier alpha value is -1.01. The van der Waals surface area contributed by atoms with Crippen molar-refractivity contribution in [2.24, 2.45) is 0 Å². The zero-order valence-corrected chi connectivity index (χ0v) is 12.0. The lowest BCUT2D eigenvalue weighted by atomic mass is 10.1. The first-order valence-corrected chi connectivity index (χ1v) is 7.40. The van der Waals surface area contributed by atoms with E-state index in [9.17, 15) is 4.21 Å². The Morgan fingerprint density at radius 2 is 2.24 bits per heavy atom. The lowest BCUT2D eigenvalue weighted by molar-refractivity contribution is 0.652. The fraction of sp³-hybridized carbons (Fsp3) is 0.273.